The maximum absolute atomic E-state index is 12.5. The number of likely N-dealkylation sites (N-methyl/N-ethyl adjacent to an activating group) is 1. The Bertz CT molecular complexity index is 863. The van der Waals surface area contributed by atoms with E-state index in [9.17, 15) is 9.59 Å². The first-order valence-electron chi connectivity index (χ1n) is 9.33. The van der Waals surface area contributed by atoms with Crippen LogP contribution in [0, 0.1) is 12.3 Å². The number of nitrogens with zero attached hydrogens (tertiary/aromatic N) is 3. The average molecular weight is 368 g/mol. The third-order valence-electron chi connectivity index (χ3n) is 4.94. The standard InChI is InChI=1S/C21H28N4O2/c1-14-19-17(12-21(2,3)13-18(19)26)25(23-14)16-8-6-15(7-9-16)20(27)22-10-11-24(4)5/h6-9H,10-13H2,1-5H3,(H,22,27). The number of amides is 1. The molecule has 0 radical (unpaired) electrons. The third kappa shape index (κ3) is 4.11. The summed E-state index contributed by atoms with van der Waals surface area (Å²) in [6, 6.07) is 7.39. The van der Waals surface area contributed by atoms with E-state index in [-0.39, 0.29) is 17.1 Å². The Labute approximate surface area is 160 Å². The van der Waals surface area contributed by atoms with Crippen LogP contribution in [0.5, 0.6) is 0 Å². The summed E-state index contributed by atoms with van der Waals surface area (Å²) in [5.41, 5.74) is 3.93. The molecule has 0 saturated heterocycles. The maximum atomic E-state index is 12.5. The molecule has 0 saturated carbocycles. The Morgan fingerprint density at radius 2 is 1.89 bits per heavy atom. The van der Waals surface area contributed by atoms with Crippen LogP contribution in [0.3, 0.4) is 0 Å². The summed E-state index contributed by atoms with van der Waals surface area (Å²) in [7, 11) is 3.94. The van der Waals surface area contributed by atoms with Gasteiger partial charge in [-0.05, 0) is 57.1 Å². The molecule has 1 aromatic carbocycles. The number of benzene rings is 1. The van der Waals surface area contributed by atoms with Crippen LogP contribution in [-0.2, 0) is 6.42 Å². The molecule has 1 aromatic heterocycles. The molecule has 1 aliphatic carbocycles. The third-order valence-corrected chi connectivity index (χ3v) is 4.94. The summed E-state index contributed by atoms with van der Waals surface area (Å²) in [6.07, 6.45) is 1.36. The highest BCUT2D eigenvalue weighted by atomic mass is 16.1. The molecule has 3 rings (SSSR count). The van der Waals surface area contributed by atoms with Crippen molar-refractivity contribution in [2.24, 2.45) is 5.41 Å². The SMILES string of the molecule is Cc1nn(-c2ccc(C(=O)NCCN(C)C)cc2)c2c1C(=O)CC(C)(C)C2. The second kappa shape index (κ2) is 7.27. The minimum Gasteiger partial charge on any atom is -0.351 e. The number of nitrogens with one attached hydrogen (secondary N) is 1. The van der Waals surface area contributed by atoms with Crippen LogP contribution < -0.4 is 5.32 Å². The van der Waals surface area contributed by atoms with Gasteiger partial charge < -0.3 is 10.2 Å². The monoisotopic (exact) mass is 368 g/mol. The molecular weight excluding hydrogens is 340 g/mol. The first-order chi connectivity index (χ1) is 12.7. The van der Waals surface area contributed by atoms with Crippen molar-refractivity contribution in [2.45, 2.75) is 33.6 Å². The van der Waals surface area contributed by atoms with Crippen LogP contribution in [0.4, 0.5) is 0 Å². The molecule has 6 heteroatoms. The Morgan fingerprint density at radius 3 is 2.52 bits per heavy atom. The van der Waals surface area contributed by atoms with Crippen molar-refractivity contribution in [1.29, 1.82) is 0 Å². The second-order valence-electron chi connectivity index (χ2n) is 8.37. The van der Waals surface area contributed by atoms with Crippen molar-refractivity contribution in [2.75, 3.05) is 27.2 Å². The van der Waals surface area contributed by atoms with Gasteiger partial charge in [0.2, 0.25) is 0 Å². The van der Waals surface area contributed by atoms with E-state index in [1.54, 1.807) is 12.1 Å². The summed E-state index contributed by atoms with van der Waals surface area (Å²) < 4.78 is 1.86. The van der Waals surface area contributed by atoms with Crippen molar-refractivity contribution in [3.63, 3.8) is 0 Å². The quantitative estimate of drug-likeness (QED) is 0.881. The van der Waals surface area contributed by atoms with Gasteiger partial charge in [0, 0.05) is 25.1 Å². The van der Waals surface area contributed by atoms with E-state index >= 15 is 0 Å². The van der Waals surface area contributed by atoms with E-state index < -0.39 is 0 Å². The van der Waals surface area contributed by atoms with Gasteiger partial charge in [0.1, 0.15) is 0 Å². The summed E-state index contributed by atoms with van der Waals surface area (Å²) in [5, 5.41) is 7.52. The van der Waals surface area contributed by atoms with Crippen LogP contribution in [0.1, 0.15) is 52.4 Å². The van der Waals surface area contributed by atoms with Crippen molar-refractivity contribution in [3.8, 4) is 5.69 Å². The molecule has 1 heterocycles. The topological polar surface area (TPSA) is 67.2 Å². The summed E-state index contributed by atoms with van der Waals surface area (Å²) in [6.45, 7) is 7.52. The van der Waals surface area contributed by atoms with Gasteiger partial charge in [0.25, 0.3) is 5.91 Å². The average Bonchev–Trinajstić information content (AvgIpc) is 2.90. The van der Waals surface area contributed by atoms with Crippen LogP contribution >= 0.6 is 0 Å². The van der Waals surface area contributed by atoms with Gasteiger partial charge in [-0.1, -0.05) is 13.8 Å². The molecule has 0 atom stereocenters. The molecule has 1 N–H and O–H groups in total. The molecule has 0 spiro atoms. The normalized spacial score (nSPS) is 15.7. The number of aryl methyl sites for hydroxylation is 1. The number of hydrogen-bond donors (Lipinski definition) is 1. The van der Waals surface area contributed by atoms with E-state index in [0.717, 1.165) is 35.6 Å². The van der Waals surface area contributed by atoms with Crippen LogP contribution in [0.25, 0.3) is 5.69 Å². The van der Waals surface area contributed by atoms with E-state index in [4.69, 9.17) is 0 Å². The zero-order valence-electron chi connectivity index (χ0n) is 16.8. The first-order valence-corrected chi connectivity index (χ1v) is 9.33. The molecule has 0 fully saturated rings. The number of rotatable bonds is 5. The fraction of sp³-hybridized carbons (Fsp3) is 0.476. The number of fused-ring (bicyclic) bond motifs is 1. The number of ketones is 1. The number of Topliss-reactive ketones (excluding diaryl/α,β-unsaturated/α-hetero) is 1. The predicted octanol–water partition coefficient (Wildman–Crippen LogP) is 2.63. The lowest BCUT2D eigenvalue weighted by atomic mass is 9.75. The molecule has 0 bridgehead atoms. The molecule has 0 aliphatic heterocycles. The molecular formula is C21H28N4O2. The number of hydrogen-bond acceptors (Lipinski definition) is 4. The van der Waals surface area contributed by atoms with Gasteiger partial charge in [-0.15, -0.1) is 0 Å². The molecule has 27 heavy (non-hydrogen) atoms. The highest BCUT2D eigenvalue weighted by molar-refractivity contribution is 6.00. The van der Waals surface area contributed by atoms with Gasteiger partial charge in [-0.3, -0.25) is 9.59 Å². The lowest BCUT2D eigenvalue weighted by molar-refractivity contribution is 0.0908. The fourth-order valence-electron chi connectivity index (χ4n) is 3.60. The number of aromatic nitrogens is 2. The minimum atomic E-state index is -0.0848. The Balaban J connectivity index is 1.83. The maximum Gasteiger partial charge on any atom is 0.251 e. The van der Waals surface area contributed by atoms with Crippen molar-refractivity contribution in [1.82, 2.24) is 20.0 Å². The van der Waals surface area contributed by atoms with Gasteiger partial charge in [-0.25, -0.2) is 4.68 Å². The Kier molecular flexibility index (Phi) is 5.20. The highest BCUT2D eigenvalue weighted by Gasteiger charge is 2.35. The van der Waals surface area contributed by atoms with E-state index in [1.165, 1.54) is 0 Å². The zero-order chi connectivity index (χ0) is 19.8. The molecule has 1 aliphatic rings. The van der Waals surface area contributed by atoms with Gasteiger partial charge in [0.05, 0.1) is 22.6 Å². The minimum absolute atomic E-state index is 0.0689. The summed E-state index contributed by atoms with van der Waals surface area (Å²) >= 11 is 0. The molecule has 1 amide bonds. The lowest BCUT2D eigenvalue weighted by Gasteiger charge is -2.29. The number of carbonyl (C=O) groups is 2. The Morgan fingerprint density at radius 1 is 1.22 bits per heavy atom. The second-order valence-corrected chi connectivity index (χ2v) is 8.37. The van der Waals surface area contributed by atoms with Crippen LogP contribution in [-0.4, -0.2) is 53.6 Å². The molecule has 6 nitrogen and oxygen atoms in total. The largest absolute Gasteiger partial charge is 0.351 e. The van der Waals surface area contributed by atoms with Gasteiger partial charge >= 0.3 is 0 Å². The summed E-state index contributed by atoms with van der Waals surface area (Å²) in [4.78, 5) is 26.8. The van der Waals surface area contributed by atoms with Gasteiger partial charge in [0.15, 0.2) is 5.78 Å². The van der Waals surface area contributed by atoms with E-state index in [0.29, 0.717) is 18.5 Å². The molecule has 2 aromatic rings. The smallest absolute Gasteiger partial charge is 0.251 e. The van der Waals surface area contributed by atoms with Crippen molar-refractivity contribution < 1.29 is 9.59 Å². The number of carbonyl (C=O) groups excluding carboxylic acids is 2. The van der Waals surface area contributed by atoms with Crippen molar-refractivity contribution >= 4 is 11.7 Å². The van der Waals surface area contributed by atoms with Crippen molar-refractivity contribution in [3.05, 3.63) is 46.8 Å². The molecule has 144 valence electrons. The summed E-state index contributed by atoms with van der Waals surface area (Å²) in [5.74, 6) is 0.0836. The van der Waals surface area contributed by atoms with Gasteiger partial charge in [-0.2, -0.15) is 5.10 Å². The molecule has 0 unspecified atom stereocenters. The van der Waals surface area contributed by atoms with Crippen LogP contribution in [0.2, 0.25) is 0 Å². The lowest BCUT2D eigenvalue weighted by Crippen LogP contribution is -2.31. The zero-order valence-corrected chi connectivity index (χ0v) is 16.8. The first kappa shape index (κ1) is 19.3. The van der Waals surface area contributed by atoms with E-state index in [2.05, 4.69) is 24.3 Å². The van der Waals surface area contributed by atoms with Crippen LogP contribution in [0.15, 0.2) is 24.3 Å². The fourth-order valence-corrected chi connectivity index (χ4v) is 3.60. The highest BCUT2D eigenvalue weighted by Crippen LogP contribution is 2.36. The van der Waals surface area contributed by atoms with E-state index in [1.807, 2.05) is 42.7 Å². The predicted molar refractivity (Wildman–Crippen MR) is 106 cm³/mol. The Hall–Kier alpha value is -2.47.